The summed E-state index contributed by atoms with van der Waals surface area (Å²) in [5.41, 5.74) is 0.328. The molecule has 0 amide bonds. The molecule has 0 saturated heterocycles. The van der Waals surface area contributed by atoms with Crippen LogP contribution in [0.1, 0.15) is 40.5 Å². The van der Waals surface area contributed by atoms with Crippen LogP contribution in [0.25, 0.3) is 0 Å². The number of rotatable bonds is 2. The maximum atomic E-state index is 7.18. The van der Waals surface area contributed by atoms with E-state index in [1.54, 1.807) is 6.34 Å². The fourth-order valence-corrected chi connectivity index (χ4v) is 3.22. The Kier molecular flexibility index (Phi) is 2.57. The van der Waals surface area contributed by atoms with Gasteiger partial charge in [-0.3, -0.25) is 5.41 Å². The Bertz CT molecular complexity index is 337. The van der Waals surface area contributed by atoms with E-state index in [9.17, 15) is 0 Å². The van der Waals surface area contributed by atoms with Crippen molar-refractivity contribution in [2.45, 2.75) is 51.6 Å². The van der Waals surface area contributed by atoms with Crippen molar-refractivity contribution in [2.75, 3.05) is 0 Å². The van der Waals surface area contributed by atoms with E-state index < -0.39 is 0 Å². The smallest absolute Gasteiger partial charge is 0.216 e. The minimum Gasteiger partial charge on any atom is -0.352 e. The largest absolute Gasteiger partial charge is 0.352 e. The van der Waals surface area contributed by atoms with Gasteiger partial charge in [0.1, 0.15) is 0 Å². The highest BCUT2D eigenvalue weighted by atomic mass is 35.5. The molecule has 90 valence electrons. The summed E-state index contributed by atoms with van der Waals surface area (Å²) in [7, 11) is 0. The lowest BCUT2D eigenvalue weighted by Crippen LogP contribution is -2.77. The first-order chi connectivity index (χ1) is 7.27. The van der Waals surface area contributed by atoms with Crippen LogP contribution < -0.4 is 0 Å². The zero-order valence-electron chi connectivity index (χ0n) is 10.4. The second-order valence-electron chi connectivity index (χ2n) is 6.14. The number of halogens is 1. The summed E-state index contributed by atoms with van der Waals surface area (Å²) in [4.78, 5) is 6.26. The van der Waals surface area contributed by atoms with Crippen molar-refractivity contribution in [3.8, 4) is 0 Å². The number of hydrogen-bond acceptors (Lipinski definition) is 1. The zero-order chi connectivity index (χ0) is 12.1. The molecule has 3 rings (SSSR count). The SMILES string of the molecule is C[C@@H]1C2CC1(N(/C=N/C(=N)Cl)C(C)(C)C)C2. The third-order valence-corrected chi connectivity index (χ3v) is 4.37. The summed E-state index contributed by atoms with van der Waals surface area (Å²) in [6, 6.07) is 0. The van der Waals surface area contributed by atoms with Crippen molar-refractivity contribution in [3.05, 3.63) is 0 Å². The van der Waals surface area contributed by atoms with Gasteiger partial charge >= 0.3 is 0 Å². The van der Waals surface area contributed by atoms with Crippen molar-refractivity contribution in [3.63, 3.8) is 0 Å². The molecule has 0 radical (unpaired) electrons. The van der Waals surface area contributed by atoms with Crippen LogP contribution in [0.2, 0.25) is 0 Å². The predicted octanol–water partition coefficient (Wildman–Crippen LogP) is 3.09. The first kappa shape index (κ1) is 11.9. The van der Waals surface area contributed by atoms with Crippen LogP contribution in [0.3, 0.4) is 0 Å². The molecule has 0 aromatic rings. The highest BCUT2D eigenvalue weighted by Crippen LogP contribution is 2.65. The first-order valence-corrected chi connectivity index (χ1v) is 6.23. The minimum absolute atomic E-state index is 0.0372. The lowest BCUT2D eigenvalue weighted by atomic mass is 9.42. The standard InChI is InChI=1S/C12H20ClN3/c1-8-9-5-12(8,6-9)16(11(2,3)4)7-15-10(13)14/h7-9,14H,5-6H2,1-4H3/b14-10?,15-7+/t8-,9?,12?/m1/s1. The second kappa shape index (κ2) is 3.46. The van der Waals surface area contributed by atoms with E-state index in [4.69, 9.17) is 17.0 Å². The lowest BCUT2D eigenvalue weighted by Gasteiger charge is -2.73. The van der Waals surface area contributed by atoms with Gasteiger partial charge in [0, 0.05) is 11.1 Å². The van der Waals surface area contributed by atoms with Gasteiger partial charge in [-0.1, -0.05) is 6.92 Å². The van der Waals surface area contributed by atoms with Gasteiger partial charge in [-0.2, -0.15) is 0 Å². The Hall–Kier alpha value is -0.570. The first-order valence-electron chi connectivity index (χ1n) is 5.85. The van der Waals surface area contributed by atoms with Gasteiger partial charge < -0.3 is 4.90 Å². The van der Waals surface area contributed by atoms with E-state index in [1.807, 2.05) is 0 Å². The van der Waals surface area contributed by atoms with Crippen molar-refractivity contribution in [1.29, 1.82) is 5.41 Å². The molecule has 3 fully saturated rings. The van der Waals surface area contributed by atoms with Crippen LogP contribution in [0, 0.1) is 17.2 Å². The fraction of sp³-hybridized carbons (Fsp3) is 0.833. The maximum Gasteiger partial charge on any atom is 0.216 e. The normalized spacial score (nSPS) is 36.8. The molecule has 0 aromatic heterocycles. The van der Waals surface area contributed by atoms with Crippen LogP contribution in [-0.2, 0) is 0 Å². The van der Waals surface area contributed by atoms with Gasteiger partial charge in [0.05, 0.1) is 6.34 Å². The van der Waals surface area contributed by atoms with Crippen LogP contribution >= 0.6 is 11.6 Å². The molecule has 0 heterocycles. The third kappa shape index (κ3) is 1.56. The molecule has 1 N–H and O–H groups in total. The molecule has 1 atom stereocenters. The number of aliphatic imine (C=N–C) groups is 1. The van der Waals surface area contributed by atoms with E-state index >= 15 is 0 Å². The maximum absolute atomic E-state index is 7.18. The lowest BCUT2D eigenvalue weighted by molar-refractivity contribution is -0.195. The molecule has 0 unspecified atom stereocenters. The van der Waals surface area contributed by atoms with Gasteiger partial charge in [-0.25, -0.2) is 4.99 Å². The molecular formula is C12H20ClN3. The Morgan fingerprint density at radius 3 is 2.31 bits per heavy atom. The molecule has 0 aliphatic heterocycles. The fourth-order valence-electron chi connectivity index (χ4n) is 3.17. The molecule has 16 heavy (non-hydrogen) atoms. The number of amidine groups is 1. The van der Waals surface area contributed by atoms with Gasteiger partial charge in [0.2, 0.25) is 5.29 Å². The van der Waals surface area contributed by atoms with E-state index in [2.05, 4.69) is 37.6 Å². The van der Waals surface area contributed by atoms with Crippen LogP contribution in [0.4, 0.5) is 0 Å². The predicted molar refractivity (Wildman–Crippen MR) is 68.3 cm³/mol. The monoisotopic (exact) mass is 241 g/mol. The summed E-state index contributed by atoms with van der Waals surface area (Å²) in [5.74, 6) is 1.66. The van der Waals surface area contributed by atoms with E-state index in [0.717, 1.165) is 11.8 Å². The van der Waals surface area contributed by atoms with Crippen molar-refractivity contribution < 1.29 is 0 Å². The van der Waals surface area contributed by atoms with Gasteiger partial charge in [0.15, 0.2) is 0 Å². The van der Waals surface area contributed by atoms with Gasteiger partial charge in [-0.15, -0.1) is 0 Å². The molecule has 0 spiro atoms. The molecule has 3 saturated carbocycles. The zero-order valence-corrected chi connectivity index (χ0v) is 11.2. The Labute approximate surface area is 102 Å². The van der Waals surface area contributed by atoms with E-state index in [-0.39, 0.29) is 10.8 Å². The van der Waals surface area contributed by atoms with Gasteiger partial charge in [-0.05, 0) is 57.0 Å². The second-order valence-corrected chi connectivity index (χ2v) is 6.49. The molecular weight excluding hydrogens is 222 g/mol. The van der Waals surface area contributed by atoms with Crippen molar-refractivity contribution >= 4 is 23.2 Å². The average Bonchev–Trinajstić information content (AvgIpc) is 2.06. The number of nitrogens with zero attached hydrogens (tertiary/aromatic N) is 2. The molecule has 4 heteroatoms. The molecule has 3 nitrogen and oxygen atoms in total. The number of hydrogen-bond donors (Lipinski definition) is 1. The van der Waals surface area contributed by atoms with Crippen molar-refractivity contribution in [1.82, 2.24) is 4.90 Å². The highest BCUT2D eigenvalue weighted by molar-refractivity contribution is 6.64. The molecule has 2 bridgehead atoms. The molecule has 0 aromatic carbocycles. The minimum atomic E-state index is -0.145. The number of nitrogens with one attached hydrogen (secondary N) is 1. The van der Waals surface area contributed by atoms with Crippen molar-refractivity contribution in [2.24, 2.45) is 16.8 Å². The summed E-state index contributed by atoms with van der Waals surface area (Å²) < 4.78 is 0. The molecule has 3 aliphatic rings. The third-order valence-electron chi connectivity index (χ3n) is 4.28. The topological polar surface area (TPSA) is 39.5 Å². The van der Waals surface area contributed by atoms with Gasteiger partial charge in [0.25, 0.3) is 0 Å². The van der Waals surface area contributed by atoms with Crippen LogP contribution in [0.5, 0.6) is 0 Å². The highest BCUT2D eigenvalue weighted by Gasteiger charge is 2.66. The summed E-state index contributed by atoms with van der Waals surface area (Å²) >= 11 is 5.49. The molecule has 3 aliphatic carbocycles. The Balaban J connectivity index is 2.19. The summed E-state index contributed by atoms with van der Waals surface area (Å²) in [5, 5.41) is 7.03. The van der Waals surface area contributed by atoms with Crippen LogP contribution in [0.15, 0.2) is 4.99 Å². The summed E-state index contributed by atoms with van der Waals surface area (Å²) in [6.07, 6.45) is 4.31. The summed E-state index contributed by atoms with van der Waals surface area (Å²) in [6.45, 7) is 8.87. The average molecular weight is 242 g/mol. The Morgan fingerprint density at radius 2 is 2.06 bits per heavy atom. The van der Waals surface area contributed by atoms with E-state index in [1.165, 1.54) is 12.8 Å². The quantitative estimate of drug-likeness (QED) is 0.451. The van der Waals surface area contributed by atoms with Crippen LogP contribution in [-0.4, -0.2) is 27.6 Å². The van der Waals surface area contributed by atoms with E-state index in [0.29, 0.717) is 5.54 Å². The Morgan fingerprint density at radius 1 is 1.50 bits per heavy atom.